The van der Waals surface area contributed by atoms with Crippen molar-refractivity contribution in [3.63, 3.8) is 0 Å². The number of aryl methyl sites for hydroxylation is 1. The Labute approximate surface area is 130 Å². The molecule has 0 bridgehead atoms. The molecule has 3 aromatic rings. The fourth-order valence-corrected chi connectivity index (χ4v) is 3.49. The molecule has 4 heteroatoms. The normalized spacial score (nSPS) is 13.7. The van der Waals surface area contributed by atoms with Crippen molar-refractivity contribution in [1.29, 1.82) is 0 Å². The fraction of sp³-hybridized carbons (Fsp3) is 0.111. The molecule has 0 saturated heterocycles. The summed E-state index contributed by atoms with van der Waals surface area (Å²) >= 11 is 0. The van der Waals surface area contributed by atoms with Gasteiger partial charge in [0.2, 0.25) is 10.1 Å². The topological polar surface area (TPSA) is 29.4 Å². The monoisotopic (exact) mass is 313 g/mol. The van der Waals surface area contributed by atoms with Crippen LogP contribution in [0.15, 0.2) is 76.0 Å². The first-order valence-corrected chi connectivity index (χ1v) is 8.44. The predicted octanol–water partition coefficient (Wildman–Crippen LogP) is 5.06. The van der Waals surface area contributed by atoms with Gasteiger partial charge in [0.25, 0.3) is 0 Å². The van der Waals surface area contributed by atoms with Crippen LogP contribution in [0.5, 0.6) is 0 Å². The van der Waals surface area contributed by atoms with Gasteiger partial charge in [-0.1, -0.05) is 66.2 Å². The lowest BCUT2D eigenvalue weighted by atomic mass is 10.1. The van der Waals surface area contributed by atoms with Crippen molar-refractivity contribution in [2.45, 2.75) is 18.4 Å². The van der Waals surface area contributed by atoms with Gasteiger partial charge in [0.15, 0.2) is 0 Å². The number of hydrogen-bond donors (Lipinski definition) is 0. The van der Waals surface area contributed by atoms with Crippen LogP contribution in [0.4, 0.5) is 3.89 Å². The largest absolute Gasteiger partial charge is 0.231 e. The van der Waals surface area contributed by atoms with Crippen LogP contribution in [0.2, 0.25) is 0 Å². The Kier molecular flexibility index (Phi) is 3.94. The van der Waals surface area contributed by atoms with Crippen molar-refractivity contribution < 1.29 is 8.09 Å². The molecule has 22 heavy (non-hydrogen) atoms. The number of halogens is 1. The third-order valence-corrected chi connectivity index (χ3v) is 4.91. The van der Waals surface area contributed by atoms with E-state index in [1.165, 1.54) is 0 Å². The summed E-state index contributed by atoms with van der Waals surface area (Å²) in [5, 5.41) is 1.50. The average molecular weight is 313 g/mol. The van der Waals surface area contributed by atoms with Gasteiger partial charge in [0.1, 0.15) is 0 Å². The third kappa shape index (κ3) is 3.02. The average Bonchev–Trinajstić information content (AvgIpc) is 2.54. The van der Waals surface area contributed by atoms with Gasteiger partial charge in [-0.3, -0.25) is 0 Å². The molecule has 0 heterocycles. The summed E-state index contributed by atoms with van der Waals surface area (Å²) in [6, 6.07) is 20.0. The quantitative estimate of drug-likeness (QED) is 0.621. The summed E-state index contributed by atoms with van der Waals surface area (Å²) in [5.74, 6) is 0. The van der Waals surface area contributed by atoms with E-state index in [-0.39, 0.29) is 11.4 Å². The second kappa shape index (κ2) is 5.89. The van der Waals surface area contributed by atoms with Gasteiger partial charge < -0.3 is 0 Å². The van der Waals surface area contributed by atoms with Crippen LogP contribution in [-0.4, -0.2) is 4.21 Å². The van der Waals surface area contributed by atoms with Crippen LogP contribution in [0.3, 0.4) is 0 Å². The summed E-state index contributed by atoms with van der Waals surface area (Å²) in [5.41, 5.74) is 1.97. The Bertz CT molecular complexity index is 920. The van der Waals surface area contributed by atoms with Crippen LogP contribution in [0, 0.1) is 6.92 Å². The van der Waals surface area contributed by atoms with Crippen molar-refractivity contribution in [1.82, 2.24) is 0 Å². The second-order valence-corrected chi connectivity index (χ2v) is 6.82. The van der Waals surface area contributed by atoms with E-state index >= 15 is 0 Å². The van der Waals surface area contributed by atoms with E-state index in [2.05, 4.69) is 4.36 Å². The van der Waals surface area contributed by atoms with Crippen LogP contribution >= 0.6 is 0 Å². The number of hydrogen-bond acceptors (Lipinski definition) is 2. The highest BCUT2D eigenvalue weighted by Gasteiger charge is 2.14. The molecule has 0 aliphatic carbocycles. The van der Waals surface area contributed by atoms with E-state index in [1.54, 1.807) is 24.3 Å². The molecule has 0 radical (unpaired) electrons. The highest BCUT2D eigenvalue weighted by molar-refractivity contribution is 7.88. The molecule has 0 fully saturated rings. The maximum absolute atomic E-state index is 14.7. The maximum Gasteiger partial charge on any atom is 0.231 e. The zero-order chi connectivity index (χ0) is 15.6. The van der Waals surface area contributed by atoms with Gasteiger partial charge in [-0.05, 0) is 23.9 Å². The lowest BCUT2D eigenvalue weighted by Gasteiger charge is -2.06. The van der Waals surface area contributed by atoms with Crippen LogP contribution in [-0.2, 0) is 16.7 Å². The van der Waals surface area contributed by atoms with E-state index in [4.69, 9.17) is 0 Å². The molecule has 3 rings (SSSR count). The molecule has 0 N–H and O–H groups in total. The van der Waals surface area contributed by atoms with Gasteiger partial charge in [0, 0.05) is 5.39 Å². The van der Waals surface area contributed by atoms with Gasteiger partial charge in [0.05, 0.1) is 11.4 Å². The van der Waals surface area contributed by atoms with Gasteiger partial charge in [-0.2, -0.15) is 0 Å². The van der Waals surface area contributed by atoms with Crippen LogP contribution in [0.25, 0.3) is 10.8 Å². The summed E-state index contributed by atoms with van der Waals surface area (Å²) < 4.78 is 30.9. The summed E-state index contributed by atoms with van der Waals surface area (Å²) in [7, 11) is -3.92. The highest BCUT2D eigenvalue weighted by Crippen LogP contribution is 2.26. The van der Waals surface area contributed by atoms with E-state index in [0.29, 0.717) is 5.39 Å². The fourth-order valence-electron chi connectivity index (χ4n) is 2.34. The Morgan fingerprint density at radius 2 is 1.64 bits per heavy atom. The Morgan fingerprint density at radius 3 is 2.41 bits per heavy atom. The molecule has 0 aliphatic rings. The van der Waals surface area contributed by atoms with E-state index < -0.39 is 10.1 Å². The van der Waals surface area contributed by atoms with Gasteiger partial charge in [-0.25, -0.2) is 8.57 Å². The molecule has 3 aromatic carbocycles. The third-order valence-electron chi connectivity index (χ3n) is 3.55. The molecule has 0 amide bonds. The first kappa shape index (κ1) is 14.7. The zero-order valence-corrected chi connectivity index (χ0v) is 13.0. The molecule has 1 unspecified atom stereocenters. The van der Waals surface area contributed by atoms with Crippen molar-refractivity contribution in [2.24, 2.45) is 4.36 Å². The van der Waals surface area contributed by atoms with Crippen molar-refractivity contribution in [3.05, 3.63) is 77.9 Å². The van der Waals surface area contributed by atoms with Crippen LogP contribution in [0.1, 0.15) is 11.1 Å². The second-order valence-electron chi connectivity index (χ2n) is 5.21. The molecule has 0 spiro atoms. The first-order chi connectivity index (χ1) is 10.6. The number of nitrogens with zero attached hydrogens (tertiary/aromatic N) is 1. The van der Waals surface area contributed by atoms with E-state index in [0.717, 1.165) is 16.5 Å². The minimum Gasteiger partial charge on any atom is -0.211 e. The molecule has 0 saturated carbocycles. The molecular weight excluding hydrogens is 297 g/mol. The molecule has 1 atom stereocenters. The van der Waals surface area contributed by atoms with Gasteiger partial charge in [-0.15, -0.1) is 3.89 Å². The summed E-state index contributed by atoms with van der Waals surface area (Å²) in [6.45, 7) is 2.08. The molecular formula is C18H16FNOS. The molecule has 0 aliphatic heterocycles. The molecule has 0 aromatic heterocycles. The molecule has 112 valence electrons. The Hall–Kier alpha value is -2.20. The minimum absolute atomic E-state index is 0.0961. The maximum atomic E-state index is 14.7. The minimum atomic E-state index is -3.92. The SMILES string of the molecule is Cc1ccc(CN=S(=O)(F)c2cccc3ccccc23)cc1. The van der Waals surface area contributed by atoms with E-state index in [1.807, 2.05) is 49.4 Å². The standard InChI is InChI=1S/C18H16FNOS/c1-14-9-11-15(12-10-14)13-20-22(19,21)18-8-4-6-16-5-2-3-7-17(16)18/h2-12H,13H2,1H3. The Morgan fingerprint density at radius 1 is 0.955 bits per heavy atom. The van der Waals surface area contributed by atoms with Crippen LogP contribution < -0.4 is 0 Å². The molecule has 2 nitrogen and oxygen atoms in total. The highest BCUT2D eigenvalue weighted by atomic mass is 32.3. The number of fused-ring (bicyclic) bond motifs is 1. The Balaban J connectivity index is 2.02. The number of benzene rings is 3. The summed E-state index contributed by atoms with van der Waals surface area (Å²) in [6.07, 6.45) is 0. The van der Waals surface area contributed by atoms with Crippen molar-refractivity contribution in [3.8, 4) is 0 Å². The lowest BCUT2D eigenvalue weighted by Crippen LogP contribution is -1.95. The predicted molar refractivity (Wildman–Crippen MR) is 88.8 cm³/mol. The lowest BCUT2D eigenvalue weighted by molar-refractivity contribution is 0.636. The zero-order valence-electron chi connectivity index (χ0n) is 12.2. The smallest absolute Gasteiger partial charge is 0.211 e. The number of rotatable bonds is 3. The van der Waals surface area contributed by atoms with Gasteiger partial charge >= 0.3 is 0 Å². The summed E-state index contributed by atoms with van der Waals surface area (Å²) in [4.78, 5) is 0.151. The van der Waals surface area contributed by atoms with Crippen molar-refractivity contribution in [2.75, 3.05) is 0 Å². The van der Waals surface area contributed by atoms with E-state index in [9.17, 15) is 8.09 Å². The first-order valence-electron chi connectivity index (χ1n) is 7.02. The van der Waals surface area contributed by atoms with Crippen molar-refractivity contribution >= 4 is 20.9 Å².